The average Bonchev–Trinajstić information content (AvgIpc) is 2.87. The van der Waals surface area contributed by atoms with Crippen molar-refractivity contribution in [2.75, 3.05) is 5.43 Å². The third-order valence-corrected chi connectivity index (χ3v) is 4.30. The van der Waals surface area contributed by atoms with Crippen LogP contribution in [-0.2, 0) is 13.0 Å². The monoisotopic (exact) mass is 327 g/mol. The third-order valence-electron chi connectivity index (χ3n) is 4.30. The van der Waals surface area contributed by atoms with Crippen molar-refractivity contribution in [1.82, 2.24) is 9.24 Å². The Morgan fingerprint density at radius 1 is 1.17 bits per heavy atom. The Morgan fingerprint density at radius 3 is 2.62 bits per heavy atom. The van der Waals surface area contributed by atoms with Gasteiger partial charge in [0.25, 0.3) is 5.91 Å². The van der Waals surface area contributed by atoms with Crippen molar-refractivity contribution in [3.63, 3.8) is 0 Å². The highest BCUT2D eigenvalue weighted by Gasteiger charge is 2.28. The highest BCUT2D eigenvalue weighted by atomic mass is 16.2. The molecule has 2 aromatic rings. The molecule has 0 saturated carbocycles. The van der Waals surface area contributed by atoms with Gasteiger partial charge in [-0.3, -0.25) is 19.6 Å². The summed E-state index contributed by atoms with van der Waals surface area (Å²) < 4.78 is 2.78. The molecule has 0 atom stereocenters. The lowest BCUT2D eigenvalue weighted by Gasteiger charge is -2.14. The molecule has 3 rings (SSSR count). The fourth-order valence-corrected chi connectivity index (χ4v) is 3.06. The van der Waals surface area contributed by atoms with Gasteiger partial charge in [0, 0.05) is 18.5 Å². The van der Waals surface area contributed by atoms with Crippen LogP contribution in [0.4, 0.5) is 0 Å². The molecule has 0 bridgehead atoms. The highest BCUT2D eigenvalue weighted by Crippen LogP contribution is 2.20. The number of benzene rings is 1. The molecule has 1 aromatic carbocycles. The van der Waals surface area contributed by atoms with Gasteiger partial charge < -0.3 is 0 Å². The zero-order valence-corrected chi connectivity index (χ0v) is 13.7. The van der Waals surface area contributed by atoms with Crippen LogP contribution >= 0.6 is 0 Å². The predicted octanol–water partition coefficient (Wildman–Crippen LogP) is 2.35. The normalized spacial score (nSPS) is 13.6. The molecule has 1 N–H and O–H groups in total. The first kappa shape index (κ1) is 16.2. The number of rotatable bonds is 5. The van der Waals surface area contributed by atoms with E-state index in [9.17, 15) is 14.4 Å². The molecule has 0 radical (unpaired) electrons. The molecular weight excluding hydrogens is 306 g/mol. The Labute approximate surface area is 140 Å². The van der Waals surface area contributed by atoms with Crippen LogP contribution in [0.25, 0.3) is 0 Å². The molecule has 6 heteroatoms. The number of imidazole rings is 1. The van der Waals surface area contributed by atoms with E-state index >= 15 is 0 Å². The summed E-state index contributed by atoms with van der Waals surface area (Å²) in [4.78, 5) is 37.4. The maximum Gasteiger partial charge on any atom is 0.347 e. The number of amides is 1. The Balaban J connectivity index is 2.00. The lowest BCUT2D eigenvalue weighted by molar-refractivity contribution is 0.0958. The SMILES string of the molecule is CCCCn1c2c(n(NC(=O)c3ccccc3)c1=O)CCCC2=O. The zero-order chi connectivity index (χ0) is 17.1. The number of nitrogens with one attached hydrogen (secondary N) is 1. The summed E-state index contributed by atoms with van der Waals surface area (Å²) in [6.07, 6.45) is 3.51. The van der Waals surface area contributed by atoms with E-state index in [1.54, 1.807) is 24.3 Å². The molecule has 0 unspecified atom stereocenters. The fourth-order valence-electron chi connectivity index (χ4n) is 3.06. The molecule has 0 spiro atoms. The summed E-state index contributed by atoms with van der Waals surface area (Å²) in [7, 11) is 0. The number of nitrogens with zero attached hydrogens (tertiary/aromatic N) is 2. The van der Waals surface area contributed by atoms with Gasteiger partial charge in [0.2, 0.25) is 0 Å². The molecule has 126 valence electrons. The van der Waals surface area contributed by atoms with Gasteiger partial charge in [0.15, 0.2) is 5.78 Å². The van der Waals surface area contributed by atoms with E-state index in [2.05, 4.69) is 5.43 Å². The summed E-state index contributed by atoms with van der Waals surface area (Å²) in [5, 5.41) is 0. The largest absolute Gasteiger partial charge is 0.347 e. The number of carbonyl (C=O) groups is 2. The maximum absolute atomic E-state index is 12.7. The lowest BCUT2D eigenvalue weighted by atomic mass is 9.99. The van der Waals surface area contributed by atoms with E-state index < -0.39 is 0 Å². The minimum Gasteiger partial charge on any atom is -0.292 e. The van der Waals surface area contributed by atoms with Crippen molar-refractivity contribution in [3.05, 3.63) is 57.8 Å². The summed E-state index contributed by atoms with van der Waals surface area (Å²) in [5.41, 5.74) is 3.89. The molecule has 1 amide bonds. The summed E-state index contributed by atoms with van der Waals surface area (Å²) >= 11 is 0. The Morgan fingerprint density at radius 2 is 1.92 bits per heavy atom. The lowest BCUT2D eigenvalue weighted by Crippen LogP contribution is -2.35. The van der Waals surface area contributed by atoms with Crippen molar-refractivity contribution >= 4 is 11.7 Å². The first-order valence-electron chi connectivity index (χ1n) is 8.37. The van der Waals surface area contributed by atoms with Crippen molar-refractivity contribution in [2.24, 2.45) is 0 Å². The fraction of sp³-hybridized carbons (Fsp3) is 0.389. The first-order chi connectivity index (χ1) is 11.6. The number of Topliss-reactive ketones (excluding diaryl/α,β-unsaturated/α-hetero) is 1. The van der Waals surface area contributed by atoms with E-state index in [4.69, 9.17) is 0 Å². The Hall–Kier alpha value is -2.63. The van der Waals surface area contributed by atoms with Crippen LogP contribution in [0.3, 0.4) is 0 Å². The highest BCUT2D eigenvalue weighted by molar-refractivity contribution is 6.00. The van der Waals surface area contributed by atoms with E-state index in [0.717, 1.165) is 12.8 Å². The third kappa shape index (κ3) is 2.91. The summed E-state index contributed by atoms with van der Waals surface area (Å²) in [6.45, 7) is 2.53. The number of unbranched alkanes of at least 4 members (excludes halogenated alkanes) is 1. The minimum atomic E-state index is -0.355. The maximum atomic E-state index is 12.7. The van der Waals surface area contributed by atoms with Gasteiger partial charge in [-0.25, -0.2) is 9.47 Å². The van der Waals surface area contributed by atoms with E-state index in [-0.39, 0.29) is 17.4 Å². The predicted molar refractivity (Wildman–Crippen MR) is 91.0 cm³/mol. The zero-order valence-electron chi connectivity index (χ0n) is 13.7. The molecule has 0 fully saturated rings. The van der Waals surface area contributed by atoms with Gasteiger partial charge in [0.05, 0.1) is 5.69 Å². The van der Waals surface area contributed by atoms with Crippen molar-refractivity contribution in [1.29, 1.82) is 0 Å². The molecule has 1 aliphatic rings. The smallest absolute Gasteiger partial charge is 0.292 e. The molecule has 1 aromatic heterocycles. The Bertz CT molecular complexity index is 818. The molecule has 24 heavy (non-hydrogen) atoms. The van der Waals surface area contributed by atoms with E-state index in [1.807, 2.05) is 13.0 Å². The Kier molecular flexibility index (Phi) is 4.64. The van der Waals surface area contributed by atoms with Crippen molar-refractivity contribution in [2.45, 2.75) is 45.6 Å². The topological polar surface area (TPSA) is 73.1 Å². The number of ketones is 1. The van der Waals surface area contributed by atoms with Crippen LogP contribution in [0.2, 0.25) is 0 Å². The number of hydrogen-bond donors (Lipinski definition) is 1. The number of carbonyl (C=O) groups excluding carboxylic acids is 2. The molecule has 1 heterocycles. The minimum absolute atomic E-state index is 0.0165. The summed E-state index contributed by atoms with van der Waals surface area (Å²) in [5.74, 6) is -0.372. The molecule has 0 aliphatic heterocycles. The van der Waals surface area contributed by atoms with Gasteiger partial charge in [-0.2, -0.15) is 0 Å². The van der Waals surface area contributed by atoms with Gasteiger partial charge in [-0.05, 0) is 31.4 Å². The molecule has 1 aliphatic carbocycles. The van der Waals surface area contributed by atoms with Crippen LogP contribution in [0.5, 0.6) is 0 Å². The molecule has 0 saturated heterocycles. The van der Waals surface area contributed by atoms with Crippen molar-refractivity contribution < 1.29 is 9.59 Å². The second kappa shape index (κ2) is 6.86. The van der Waals surface area contributed by atoms with E-state index in [1.165, 1.54) is 9.24 Å². The van der Waals surface area contributed by atoms with E-state index in [0.29, 0.717) is 42.8 Å². The van der Waals surface area contributed by atoms with Crippen LogP contribution in [0.1, 0.15) is 59.1 Å². The van der Waals surface area contributed by atoms with Crippen LogP contribution in [0, 0.1) is 0 Å². The average molecular weight is 327 g/mol. The van der Waals surface area contributed by atoms with Gasteiger partial charge in [-0.15, -0.1) is 0 Å². The molecular formula is C18H21N3O3. The summed E-state index contributed by atoms with van der Waals surface area (Å²) in [6, 6.07) is 8.73. The number of hydrogen-bond acceptors (Lipinski definition) is 3. The van der Waals surface area contributed by atoms with Crippen molar-refractivity contribution in [3.8, 4) is 0 Å². The van der Waals surface area contributed by atoms with Gasteiger partial charge in [-0.1, -0.05) is 31.5 Å². The van der Waals surface area contributed by atoms with Gasteiger partial charge >= 0.3 is 5.69 Å². The standard InChI is InChI=1S/C18H21N3O3/c1-2-3-12-20-16-14(10-7-11-15(16)22)21(18(20)24)19-17(23)13-8-5-4-6-9-13/h4-6,8-9H,2-3,7,10-12H2,1H3,(H,19,23). The number of aromatic nitrogens is 2. The van der Waals surface area contributed by atoms with Crippen LogP contribution in [-0.4, -0.2) is 20.9 Å². The van der Waals surface area contributed by atoms with Crippen LogP contribution < -0.4 is 11.1 Å². The second-order valence-corrected chi connectivity index (χ2v) is 6.00. The number of fused-ring (bicyclic) bond motifs is 1. The van der Waals surface area contributed by atoms with Crippen LogP contribution in [0.15, 0.2) is 35.1 Å². The first-order valence-corrected chi connectivity index (χ1v) is 8.37. The second-order valence-electron chi connectivity index (χ2n) is 6.00. The molecule has 6 nitrogen and oxygen atoms in total. The quantitative estimate of drug-likeness (QED) is 0.916. The van der Waals surface area contributed by atoms with Gasteiger partial charge in [0.1, 0.15) is 5.69 Å².